The molecule has 1 saturated heterocycles. The Morgan fingerprint density at radius 2 is 2.12 bits per heavy atom. The van der Waals surface area contributed by atoms with Gasteiger partial charge >= 0.3 is 0 Å². The summed E-state index contributed by atoms with van der Waals surface area (Å²) in [5, 5.41) is 2.87. The average Bonchev–Trinajstić information content (AvgIpc) is 3.02. The van der Waals surface area contributed by atoms with Crippen molar-refractivity contribution in [3.05, 3.63) is 54.4 Å². The second-order valence-electron chi connectivity index (χ2n) is 5.68. The van der Waals surface area contributed by atoms with E-state index in [1.165, 1.54) is 0 Å². The van der Waals surface area contributed by atoms with Crippen molar-refractivity contribution < 1.29 is 14.3 Å². The summed E-state index contributed by atoms with van der Waals surface area (Å²) in [7, 11) is 1.60. The molecule has 0 saturated carbocycles. The lowest BCUT2D eigenvalue weighted by molar-refractivity contribution is -0.126. The van der Waals surface area contributed by atoms with Gasteiger partial charge < -0.3 is 15.0 Å². The van der Waals surface area contributed by atoms with Gasteiger partial charge in [-0.2, -0.15) is 0 Å². The standard InChI is InChI=1S/C18H19N3O3/c1-24-16-6-4-15(5-7-16)21-12-14(9-17(21)22)18(23)20-11-13-3-2-8-19-10-13/h2-8,10,14H,9,11-12H2,1H3,(H,20,23)/t14-/m0/s1. The Bertz CT molecular complexity index is 716. The van der Waals surface area contributed by atoms with Crippen LogP contribution in [0.25, 0.3) is 0 Å². The molecule has 0 unspecified atom stereocenters. The van der Waals surface area contributed by atoms with Crippen molar-refractivity contribution in [1.82, 2.24) is 10.3 Å². The second kappa shape index (κ2) is 7.12. The summed E-state index contributed by atoms with van der Waals surface area (Å²) in [6, 6.07) is 11.0. The summed E-state index contributed by atoms with van der Waals surface area (Å²) in [4.78, 5) is 30.2. The van der Waals surface area contributed by atoms with Gasteiger partial charge in [-0.25, -0.2) is 0 Å². The number of amides is 2. The van der Waals surface area contributed by atoms with E-state index in [4.69, 9.17) is 4.74 Å². The number of carbonyl (C=O) groups is 2. The first-order valence-electron chi connectivity index (χ1n) is 7.78. The summed E-state index contributed by atoms with van der Waals surface area (Å²) < 4.78 is 5.12. The number of nitrogens with one attached hydrogen (secondary N) is 1. The molecule has 124 valence electrons. The van der Waals surface area contributed by atoms with Gasteiger partial charge in [0.15, 0.2) is 0 Å². The first kappa shape index (κ1) is 16.0. The first-order valence-corrected chi connectivity index (χ1v) is 7.78. The molecule has 0 spiro atoms. The third-order valence-corrected chi connectivity index (χ3v) is 4.07. The second-order valence-corrected chi connectivity index (χ2v) is 5.68. The van der Waals surface area contributed by atoms with Crippen LogP contribution in [0, 0.1) is 5.92 Å². The van der Waals surface area contributed by atoms with Gasteiger partial charge in [0.1, 0.15) is 5.75 Å². The van der Waals surface area contributed by atoms with Gasteiger partial charge in [-0.15, -0.1) is 0 Å². The van der Waals surface area contributed by atoms with Crippen molar-refractivity contribution in [2.75, 3.05) is 18.6 Å². The van der Waals surface area contributed by atoms with Crippen LogP contribution in [0.2, 0.25) is 0 Å². The smallest absolute Gasteiger partial charge is 0.227 e. The van der Waals surface area contributed by atoms with E-state index in [0.717, 1.165) is 17.0 Å². The number of ether oxygens (including phenoxy) is 1. The number of rotatable bonds is 5. The monoisotopic (exact) mass is 325 g/mol. The zero-order chi connectivity index (χ0) is 16.9. The Hall–Kier alpha value is -2.89. The van der Waals surface area contributed by atoms with E-state index in [1.807, 2.05) is 24.3 Å². The molecule has 1 N–H and O–H groups in total. The predicted octanol–water partition coefficient (Wildman–Crippen LogP) is 1.76. The molecule has 3 rings (SSSR count). The van der Waals surface area contributed by atoms with E-state index in [2.05, 4.69) is 10.3 Å². The van der Waals surface area contributed by atoms with E-state index in [0.29, 0.717) is 13.1 Å². The Labute approximate surface area is 140 Å². The number of benzene rings is 1. The fourth-order valence-corrected chi connectivity index (χ4v) is 2.73. The van der Waals surface area contributed by atoms with E-state index in [-0.39, 0.29) is 24.2 Å². The molecular formula is C18H19N3O3. The third kappa shape index (κ3) is 3.53. The van der Waals surface area contributed by atoms with Crippen LogP contribution < -0.4 is 15.0 Å². The van der Waals surface area contributed by atoms with Gasteiger partial charge in [-0.05, 0) is 35.9 Å². The SMILES string of the molecule is COc1ccc(N2C[C@@H](C(=O)NCc3cccnc3)CC2=O)cc1. The van der Waals surface area contributed by atoms with Gasteiger partial charge in [-0.1, -0.05) is 6.07 Å². The van der Waals surface area contributed by atoms with Crippen molar-refractivity contribution in [2.45, 2.75) is 13.0 Å². The van der Waals surface area contributed by atoms with Gasteiger partial charge in [-0.3, -0.25) is 14.6 Å². The molecule has 1 aliphatic heterocycles. The van der Waals surface area contributed by atoms with E-state index < -0.39 is 0 Å². The summed E-state index contributed by atoms with van der Waals surface area (Å²) >= 11 is 0. The minimum absolute atomic E-state index is 0.0401. The molecular weight excluding hydrogens is 306 g/mol. The molecule has 6 heteroatoms. The summed E-state index contributed by atoms with van der Waals surface area (Å²) in [6.45, 7) is 0.809. The fourth-order valence-electron chi connectivity index (χ4n) is 2.73. The van der Waals surface area contributed by atoms with Crippen LogP contribution in [0.15, 0.2) is 48.8 Å². The van der Waals surface area contributed by atoms with E-state index in [9.17, 15) is 9.59 Å². The Morgan fingerprint density at radius 3 is 2.79 bits per heavy atom. The first-order chi connectivity index (χ1) is 11.7. The molecule has 24 heavy (non-hydrogen) atoms. The van der Waals surface area contributed by atoms with E-state index >= 15 is 0 Å². The Morgan fingerprint density at radius 1 is 1.33 bits per heavy atom. The quantitative estimate of drug-likeness (QED) is 0.909. The molecule has 1 fully saturated rings. The predicted molar refractivity (Wildman–Crippen MR) is 89.5 cm³/mol. The molecule has 2 heterocycles. The fraction of sp³-hybridized carbons (Fsp3) is 0.278. The molecule has 0 bridgehead atoms. The van der Waals surface area contributed by atoms with Crippen LogP contribution in [0.5, 0.6) is 5.75 Å². The third-order valence-electron chi connectivity index (χ3n) is 4.07. The lowest BCUT2D eigenvalue weighted by atomic mass is 10.1. The Balaban J connectivity index is 1.60. The maximum atomic E-state index is 12.3. The van der Waals surface area contributed by atoms with Crippen molar-refractivity contribution in [2.24, 2.45) is 5.92 Å². The van der Waals surface area contributed by atoms with Crippen LogP contribution in [0.3, 0.4) is 0 Å². The lowest BCUT2D eigenvalue weighted by Gasteiger charge is -2.17. The van der Waals surface area contributed by atoms with Gasteiger partial charge in [0.2, 0.25) is 11.8 Å². The number of methoxy groups -OCH3 is 1. The van der Waals surface area contributed by atoms with Crippen LogP contribution >= 0.6 is 0 Å². The molecule has 0 aliphatic carbocycles. The van der Waals surface area contributed by atoms with Gasteiger partial charge in [0, 0.05) is 37.6 Å². The average molecular weight is 325 g/mol. The zero-order valence-electron chi connectivity index (χ0n) is 13.4. The largest absolute Gasteiger partial charge is 0.497 e. The molecule has 1 aliphatic rings. The highest BCUT2D eigenvalue weighted by molar-refractivity contribution is 6.00. The summed E-state index contributed by atoms with van der Waals surface area (Å²) in [6.07, 6.45) is 3.63. The van der Waals surface area contributed by atoms with Crippen LogP contribution in [-0.2, 0) is 16.1 Å². The summed E-state index contributed by atoms with van der Waals surface area (Å²) in [5.74, 6) is 0.248. The molecule has 1 aromatic heterocycles. The highest BCUT2D eigenvalue weighted by Crippen LogP contribution is 2.26. The van der Waals surface area contributed by atoms with Crippen molar-refractivity contribution in [3.63, 3.8) is 0 Å². The normalized spacial score (nSPS) is 17.0. The maximum Gasteiger partial charge on any atom is 0.227 e. The van der Waals surface area contributed by atoms with E-state index in [1.54, 1.807) is 36.5 Å². The number of nitrogens with zero attached hydrogens (tertiary/aromatic N) is 2. The number of carbonyl (C=O) groups excluding carboxylic acids is 2. The molecule has 0 radical (unpaired) electrons. The molecule has 2 amide bonds. The molecule has 1 atom stereocenters. The minimum Gasteiger partial charge on any atom is -0.497 e. The number of anilines is 1. The summed E-state index contributed by atoms with van der Waals surface area (Å²) in [5.41, 5.74) is 1.71. The molecule has 1 aromatic carbocycles. The van der Waals surface area contributed by atoms with Crippen molar-refractivity contribution in [3.8, 4) is 5.75 Å². The minimum atomic E-state index is -0.337. The highest BCUT2D eigenvalue weighted by Gasteiger charge is 2.34. The van der Waals surface area contributed by atoms with Gasteiger partial charge in [0.05, 0.1) is 13.0 Å². The topological polar surface area (TPSA) is 71.5 Å². The van der Waals surface area contributed by atoms with Crippen molar-refractivity contribution >= 4 is 17.5 Å². The Kier molecular flexibility index (Phi) is 4.74. The van der Waals surface area contributed by atoms with Crippen LogP contribution in [0.4, 0.5) is 5.69 Å². The molecule has 2 aromatic rings. The lowest BCUT2D eigenvalue weighted by Crippen LogP contribution is -2.32. The van der Waals surface area contributed by atoms with Crippen molar-refractivity contribution in [1.29, 1.82) is 0 Å². The highest BCUT2D eigenvalue weighted by atomic mass is 16.5. The van der Waals surface area contributed by atoms with Crippen LogP contribution in [0.1, 0.15) is 12.0 Å². The number of pyridine rings is 1. The number of hydrogen-bond acceptors (Lipinski definition) is 4. The van der Waals surface area contributed by atoms with Crippen LogP contribution in [-0.4, -0.2) is 30.5 Å². The number of aromatic nitrogens is 1. The maximum absolute atomic E-state index is 12.3. The molecule has 6 nitrogen and oxygen atoms in total. The van der Waals surface area contributed by atoms with Gasteiger partial charge in [0.25, 0.3) is 0 Å². The number of hydrogen-bond donors (Lipinski definition) is 1. The zero-order valence-corrected chi connectivity index (χ0v) is 13.4.